The topological polar surface area (TPSA) is 51.0 Å². The summed E-state index contributed by atoms with van der Waals surface area (Å²) in [6.07, 6.45) is 0.763. The third-order valence-electron chi connectivity index (χ3n) is 3.68. The van der Waals surface area contributed by atoms with Crippen LogP contribution in [0.5, 0.6) is 0 Å². The number of para-hydroxylation sites is 1. The number of amides is 1. The van der Waals surface area contributed by atoms with Crippen LogP contribution in [0.15, 0.2) is 53.0 Å². The van der Waals surface area contributed by atoms with E-state index in [1.165, 1.54) is 16.6 Å². The van der Waals surface area contributed by atoms with Gasteiger partial charge in [0.25, 0.3) is 0 Å². The Labute approximate surface area is 149 Å². The number of carbonyl (C=O) groups is 1. The Hall–Kier alpha value is -2.12. The summed E-state index contributed by atoms with van der Waals surface area (Å²) in [7, 11) is 3.73. The van der Waals surface area contributed by atoms with E-state index in [2.05, 4.69) is 21.6 Å². The molecule has 7 heteroatoms. The van der Waals surface area contributed by atoms with Crippen LogP contribution >= 0.6 is 23.1 Å². The molecular weight excluding hydrogens is 340 g/mol. The quantitative estimate of drug-likeness (QED) is 0.635. The Morgan fingerprint density at radius 2 is 2.00 bits per heavy atom. The Kier molecular flexibility index (Phi) is 5.32. The van der Waals surface area contributed by atoms with E-state index in [0.717, 1.165) is 23.1 Å². The number of nitrogens with zero attached hydrogens (tertiary/aromatic N) is 4. The van der Waals surface area contributed by atoms with Crippen molar-refractivity contribution in [2.45, 2.75) is 11.6 Å². The van der Waals surface area contributed by atoms with Gasteiger partial charge in [-0.3, -0.25) is 4.79 Å². The molecule has 0 unspecified atom stereocenters. The van der Waals surface area contributed by atoms with Gasteiger partial charge in [-0.1, -0.05) is 36.0 Å². The van der Waals surface area contributed by atoms with Crippen LogP contribution in [0, 0.1) is 0 Å². The molecule has 0 saturated heterocycles. The van der Waals surface area contributed by atoms with Crippen LogP contribution in [0.3, 0.4) is 0 Å². The van der Waals surface area contributed by atoms with Crippen molar-refractivity contribution in [3.63, 3.8) is 0 Å². The van der Waals surface area contributed by atoms with Crippen molar-refractivity contribution in [1.82, 2.24) is 14.8 Å². The monoisotopic (exact) mass is 358 g/mol. The van der Waals surface area contributed by atoms with Crippen molar-refractivity contribution in [3.8, 4) is 0 Å². The van der Waals surface area contributed by atoms with E-state index in [-0.39, 0.29) is 5.91 Å². The third kappa shape index (κ3) is 3.85. The largest absolute Gasteiger partial charge is 0.315 e. The first-order valence-corrected chi connectivity index (χ1v) is 9.36. The van der Waals surface area contributed by atoms with E-state index in [0.29, 0.717) is 5.75 Å². The summed E-state index contributed by atoms with van der Waals surface area (Å²) in [5.41, 5.74) is 0.888. The predicted octanol–water partition coefficient (Wildman–Crippen LogP) is 3.22. The molecule has 0 radical (unpaired) electrons. The van der Waals surface area contributed by atoms with Crippen LogP contribution in [-0.2, 0) is 18.3 Å². The van der Waals surface area contributed by atoms with Crippen molar-refractivity contribution < 1.29 is 4.79 Å². The van der Waals surface area contributed by atoms with Crippen LogP contribution in [-0.4, -0.2) is 33.5 Å². The molecule has 0 atom stereocenters. The third-order valence-corrected chi connectivity index (χ3v) is 5.56. The number of rotatable bonds is 6. The van der Waals surface area contributed by atoms with Gasteiger partial charge in [0.2, 0.25) is 5.91 Å². The molecule has 0 N–H and O–H groups in total. The van der Waals surface area contributed by atoms with E-state index in [4.69, 9.17) is 0 Å². The molecule has 0 aliphatic rings. The molecule has 1 amide bonds. The molecule has 3 aromatic rings. The number of anilines is 1. The van der Waals surface area contributed by atoms with E-state index >= 15 is 0 Å². The number of aromatic nitrogens is 3. The van der Waals surface area contributed by atoms with Gasteiger partial charge in [0.1, 0.15) is 5.82 Å². The van der Waals surface area contributed by atoms with Crippen molar-refractivity contribution >= 4 is 34.7 Å². The number of benzene rings is 1. The first-order valence-electron chi connectivity index (χ1n) is 7.50. The molecule has 0 fully saturated rings. The maximum Gasteiger partial charge on any atom is 0.237 e. The smallest absolute Gasteiger partial charge is 0.237 e. The molecule has 2 aromatic heterocycles. The van der Waals surface area contributed by atoms with Crippen LogP contribution < -0.4 is 4.90 Å². The molecule has 0 bridgehead atoms. The molecule has 0 spiro atoms. The van der Waals surface area contributed by atoms with Gasteiger partial charge in [-0.05, 0) is 23.6 Å². The van der Waals surface area contributed by atoms with Gasteiger partial charge in [-0.2, -0.15) is 0 Å². The molecule has 5 nitrogen and oxygen atoms in total. The first kappa shape index (κ1) is 16.7. The Balaban J connectivity index is 1.60. The highest BCUT2D eigenvalue weighted by molar-refractivity contribution is 7.99. The van der Waals surface area contributed by atoms with Gasteiger partial charge in [-0.15, -0.1) is 21.5 Å². The average molecular weight is 358 g/mol. The molecule has 0 aliphatic carbocycles. The zero-order chi connectivity index (χ0) is 16.9. The standard InChI is InChI=1S/C17H18N4OS2/c1-20(13-7-4-3-5-8-13)16(22)12-24-17-19-18-15(21(17)2)11-14-9-6-10-23-14/h3-10H,11-12H2,1-2H3. The zero-order valence-electron chi connectivity index (χ0n) is 13.5. The maximum absolute atomic E-state index is 12.3. The van der Waals surface area contributed by atoms with Crippen LogP contribution in [0.1, 0.15) is 10.7 Å². The van der Waals surface area contributed by atoms with Gasteiger partial charge >= 0.3 is 0 Å². The van der Waals surface area contributed by atoms with Gasteiger partial charge < -0.3 is 9.47 Å². The lowest BCUT2D eigenvalue weighted by Gasteiger charge is -2.16. The summed E-state index contributed by atoms with van der Waals surface area (Å²) in [6.45, 7) is 0. The summed E-state index contributed by atoms with van der Waals surface area (Å²) in [5.74, 6) is 1.27. The van der Waals surface area contributed by atoms with Crippen LogP contribution in [0.25, 0.3) is 0 Å². The zero-order valence-corrected chi connectivity index (χ0v) is 15.2. The van der Waals surface area contributed by atoms with Crippen molar-refractivity contribution in [2.75, 3.05) is 17.7 Å². The minimum Gasteiger partial charge on any atom is -0.315 e. The van der Waals surface area contributed by atoms with Crippen molar-refractivity contribution in [2.24, 2.45) is 7.05 Å². The maximum atomic E-state index is 12.3. The van der Waals surface area contributed by atoms with Crippen LogP contribution in [0.2, 0.25) is 0 Å². The molecule has 3 rings (SSSR count). The fourth-order valence-corrected chi connectivity index (χ4v) is 3.76. The molecule has 0 saturated carbocycles. The van der Waals surface area contributed by atoms with E-state index in [1.807, 2.05) is 48.0 Å². The highest BCUT2D eigenvalue weighted by atomic mass is 32.2. The molecule has 2 heterocycles. The average Bonchev–Trinajstić information content (AvgIpc) is 3.24. The number of carbonyl (C=O) groups excluding carboxylic acids is 1. The summed E-state index contributed by atoms with van der Waals surface area (Å²) in [4.78, 5) is 15.3. The normalized spacial score (nSPS) is 10.8. The number of thiophene rings is 1. The van der Waals surface area contributed by atoms with Gasteiger partial charge in [0.15, 0.2) is 5.16 Å². The first-order chi connectivity index (χ1) is 11.6. The summed E-state index contributed by atoms with van der Waals surface area (Å²) in [6, 6.07) is 13.7. The Morgan fingerprint density at radius 3 is 2.71 bits per heavy atom. The molecule has 24 heavy (non-hydrogen) atoms. The molecular formula is C17H18N4OS2. The fourth-order valence-electron chi connectivity index (χ4n) is 2.21. The molecule has 1 aromatic carbocycles. The Bertz CT molecular complexity index is 799. The summed E-state index contributed by atoms with van der Waals surface area (Å²) >= 11 is 3.12. The van der Waals surface area contributed by atoms with Crippen LogP contribution in [0.4, 0.5) is 5.69 Å². The number of hydrogen-bond donors (Lipinski definition) is 0. The minimum atomic E-state index is 0.0361. The van der Waals surface area contributed by atoms with E-state index in [9.17, 15) is 4.79 Å². The van der Waals surface area contributed by atoms with E-state index < -0.39 is 0 Å². The molecule has 0 aliphatic heterocycles. The second-order valence-corrected chi connectivity index (χ2v) is 7.27. The lowest BCUT2D eigenvalue weighted by atomic mass is 10.3. The highest BCUT2D eigenvalue weighted by Crippen LogP contribution is 2.20. The van der Waals surface area contributed by atoms with Crippen molar-refractivity contribution in [1.29, 1.82) is 0 Å². The van der Waals surface area contributed by atoms with Gasteiger partial charge in [-0.25, -0.2) is 0 Å². The predicted molar refractivity (Wildman–Crippen MR) is 98.7 cm³/mol. The van der Waals surface area contributed by atoms with Gasteiger partial charge in [0.05, 0.1) is 5.75 Å². The summed E-state index contributed by atoms with van der Waals surface area (Å²) in [5, 5.41) is 11.3. The summed E-state index contributed by atoms with van der Waals surface area (Å²) < 4.78 is 1.96. The molecule has 124 valence electrons. The highest BCUT2D eigenvalue weighted by Gasteiger charge is 2.15. The van der Waals surface area contributed by atoms with E-state index in [1.54, 1.807) is 23.3 Å². The number of hydrogen-bond acceptors (Lipinski definition) is 5. The second kappa shape index (κ2) is 7.63. The number of thioether (sulfide) groups is 1. The lowest BCUT2D eigenvalue weighted by molar-refractivity contribution is -0.115. The van der Waals surface area contributed by atoms with Gasteiger partial charge in [0, 0.05) is 31.1 Å². The SMILES string of the molecule is CN(C(=O)CSc1nnc(Cc2cccs2)n1C)c1ccccc1. The lowest BCUT2D eigenvalue weighted by Crippen LogP contribution is -2.27. The fraction of sp³-hybridized carbons (Fsp3) is 0.235. The minimum absolute atomic E-state index is 0.0361. The van der Waals surface area contributed by atoms with Crippen molar-refractivity contribution in [3.05, 3.63) is 58.5 Å². The second-order valence-electron chi connectivity index (χ2n) is 5.29. The Morgan fingerprint density at radius 1 is 1.21 bits per heavy atom.